The summed E-state index contributed by atoms with van der Waals surface area (Å²) in [5.74, 6) is -0.0231. The van der Waals surface area contributed by atoms with E-state index in [0.29, 0.717) is 6.54 Å². The molecule has 0 aliphatic carbocycles. The maximum Gasteiger partial charge on any atom is 0.238 e. The first-order valence-electron chi connectivity index (χ1n) is 8.66. The van der Waals surface area contributed by atoms with Crippen molar-refractivity contribution in [1.29, 1.82) is 0 Å². The van der Waals surface area contributed by atoms with Crippen LogP contribution in [0.4, 0.5) is 5.69 Å². The number of nitrogens with zero attached hydrogens (tertiary/aromatic N) is 4. The molecule has 0 aliphatic heterocycles. The zero-order chi connectivity index (χ0) is 19.2. The van der Waals surface area contributed by atoms with E-state index in [1.165, 1.54) is 6.33 Å². The minimum atomic E-state index is -0.0231. The van der Waals surface area contributed by atoms with Gasteiger partial charge in [0.15, 0.2) is 0 Å². The smallest absolute Gasteiger partial charge is 0.238 e. The van der Waals surface area contributed by atoms with Crippen LogP contribution in [0.5, 0.6) is 0 Å². The Hall–Kier alpha value is -2.64. The highest BCUT2D eigenvalue weighted by atomic mass is 32.2. The quantitative estimate of drug-likeness (QED) is 0.633. The minimum absolute atomic E-state index is 0.0231. The maximum atomic E-state index is 12.5. The SMILES string of the molecule is CSc1ccccc1NC(=O)CN(C)[C@H](C)c1ccc(-n2cncn2)cc1. The normalized spacial score (nSPS) is 12.1. The predicted molar refractivity (Wildman–Crippen MR) is 109 cm³/mol. The number of carbonyl (C=O) groups is 1. The van der Waals surface area contributed by atoms with Crippen LogP contribution in [0.15, 0.2) is 66.1 Å². The molecule has 1 amide bonds. The summed E-state index contributed by atoms with van der Waals surface area (Å²) in [4.78, 5) is 19.5. The second kappa shape index (κ2) is 8.83. The number of aromatic nitrogens is 3. The number of rotatable bonds is 7. The average Bonchev–Trinajstić information content (AvgIpc) is 3.22. The Bertz CT molecular complexity index is 880. The lowest BCUT2D eigenvalue weighted by Crippen LogP contribution is -2.32. The zero-order valence-electron chi connectivity index (χ0n) is 15.7. The number of thioether (sulfide) groups is 1. The molecule has 0 spiro atoms. The van der Waals surface area contributed by atoms with E-state index in [1.54, 1.807) is 22.8 Å². The molecule has 1 N–H and O–H groups in total. The van der Waals surface area contributed by atoms with Crippen LogP contribution >= 0.6 is 11.8 Å². The van der Waals surface area contributed by atoms with E-state index in [0.717, 1.165) is 21.8 Å². The van der Waals surface area contributed by atoms with Crippen molar-refractivity contribution in [3.05, 3.63) is 66.7 Å². The third kappa shape index (κ3) is 4.75. The van der Waals surface area contributed by atoms with Crippen molar-refractivity contribution in [2.45, 2.75) is 17.9 Å². The lowest BCUT2D eigenvalue weighted by atomic mass is 10.1. The number of likely N-dealkylation sites (N-methyl/N-ethyl adjacent to an activating group) is 1. The van der Waals surface area contributed by atoms with E-state index in [9.17, 15) is 4.79 Å². The number of benzene rings is 2. The topological polar surface area (TPSA) is 63.1 Å². The minimum Gasteiger partial charge on any atom is -0.324 e. The second-order valence-electron chi connectivity index (χ2n) is 6.27. The third-order valence-corrected chi connectivity index (χ3v) is 5.29. The van der Waals surface area contributed by atoms with Gasteiger partial charge in [-0.1, -0.05) is 24.3 Å². The van der Waals surface area contributed by atoms with Crippen molar-refractivity contribution in [3.63, 3.8) is 0 Å². The van der Waals surface area contributed by atoms with Crippen LogP contribution in [0, 0.1) is 0 Å². The number of carbonyl (C=O) groups excluding carboxylic acids is 1. The number of hydrogen-bond donors (Lipinski definition) is 1. The molecule has 1 heterocycles. The lowest BCUT2D eigenvalue weighted by molar-refractivity contribution is -0.117. The highest BCUT2D eigenvalue weighted by Gasteiger charge is 2.16. The van der Waals surface area contributed by atoms with Gasteiger partial charge in [-0.05, 0) is 50.1 Å². The zero-order valence-corrected chi connectivity index (χ0v) is 16.5. The second-order valence-corrected chi connectivity index (χ2v) is 7.12. The van der Waals surface area contributed by atoms with Crippen molar-refractivity contribution >= 4 is 23.4 Å². The monoisotopic (exact) mass is 381 g/mol. The number of amides is 1. The molecule has 3 aromatic rings. The van der Waals surface area contributed by atoms with Gasteiger partial charge in [0.05, 0.1) is 17.9 Å². The van der Waals surface area contributed by atoms with Gasteiger partial charge in [0.2, 0.25) is 5.91 Å². The van der Waals surface area contributed by atoms with Crippen LogP contribution in [0.2, 0.25) is 0 Å². The molecular formula is C20H23N5OS. The molecule has 3 rings (SSSR count). The number of hydrogen-bond acceptors (Lipinski definition) is 5. The van der Waals surface area contributed by atoms with Gasteiger partial charge in [-0.25, -0.2) is 9.67 Å². The van der Waals surface area contributed by atoms with E-state index < -0.39 is 0 Å². The van der Waals surface area contributed by atoms with Crippen LogP contribution in [0.1, 0.15) is 18.5 Å². The molecule has 27 heavy (non-hydrogen) atoms. The van der Waals surface area contributed by atoms with Crippen LogP contribution in [-0.2, 0) is 4.79 Å². The summed E-state index contributed by atoms with van der Waals surface area (Å²) >= 11 is 1.62. The van der Waals surface area contributed by atoms with Gasteiger partial charge in [-0.3, -0.25) is 9.69 Å². The number of nitrogens with one attached hydrogen (secondary N) is 1. The summed E-state index contributed by atoms with van der Waals surface area (Å²) in [6, 6.07) is 16.1. The molecule has 0 aliphatic rings. The van der Waals surface area contributed by atoms with E-state index in [4.69, 9.17) is 0 Å². The fraction of sp³-hybridized carbons (Fsp3) is 0.250. The number of anilines is 1. The summed E-state index contributed by atoms with van der Waals surface area (Å²) in [6.45, 7) is 2.41. The number of para-hydroxylation sites is 1. The molecule has 0 saturated carbocycles. The molecule has 140 valence electrons. The van der Waals surface area contributed by atoms with Crippen molar-refractivity contribution in [2.24, 2.45) is 0 Å². The Morgan fingerprint density at radius 2 is 1.96 bits per heavy atom. The molecule has 0 saturated heterocycles. The van der Waals surface area contributed by atoms with Gasteiger partial charge >= 0.3 is 0 Å². The van der Waals surface area contributed by atoms with Crippen LogP contribution in [0.3, 0.4) is 0 Å². The molecular weight excluding hydrogens is 358 g/mol. The van der Waals surface area contributed by atoms with E-state index in [2.05, 4.69) is 34.5 Å². The summed E-state index contributed by atoms with van der Waals surface area (Å²) in [7, 11) is 1.95. The van der Waals surface area contributed by atoms with Crippen LogP contribution in [0.25, 0.3) is 5.69 Å². The standard InChI is InChI=1S/C20H23N5OS/c1-15(16-8-10-17(11-9-16)25-14-21-13-22-25)24(2)12-20(26)23-18-6-4-5-7-19(18)27-3/h4-11,13-15H,12H2,1-3H3,(H,23,26)/t15-/m1/s1. The Morgan fingerprint density at radius 1 is 1.22 bits per heavy atom. The van der Waals surface area contributed by atoms with Gasteiger partial charge in [0, 0.05) is 10.9 Å². The van der Waals surface area contributed by atoms with E-state index >= 15 is 0 Å². The fourth-order valence-electron chi connectivity index (χ4n) is 2.80. The molecule has 0 unspecified atom stereocenters. The largest absolute Gasteiger partial charge is 0.324 e. The van der Waals surface area contributed by atoms with Crippen LogP contribution in [-0.4, -0.2) is 45.4 Å². The van der Waals surface area contributed by atoms with Gasteiger partial charge in [0.25, 0.3) is 0 Å². The first kappa shape index (κ1) is 19.1. The lowest BCUT2D eigenvalue weighted by Gasteiger charge is -2.25. The van der Waals surface area contributed by atoms with Crippen molar-refractivity contribution in [2.75, 3.05) is 25.2 Å². The molecule has 0 bridgehead atoms. The predicted octanol–water partition coefficient (Wildman–Crippen LogP) is 3.62. The molecule has 7 heteroatoms. The van der Waals surface area contributed by atoms with Crippen LogP contribution < -0.4 is 5.32 Å². The highest BCUT2D eigenvalue weighted by Crippen LogP contribution is 2.25. The third-order valence-electron chi connectivity index (χ3n) is 4.49. The summed E-state index contributed by atoms with van der Waals surface area (Å²) in [5, 5.41) is 7.14. The summed E-state index contributed by atoms with van der Waals surface area (Å²) < 4.78 is 1.72. The van der Waals surface area contributed by atoms with E-state index in [-0.39, 0.29) is 11.9 Å². The van der Waals surface area contributed by atoms with Gasteiger partial charge in [-0.2, -0.15) is 5.10 Å². The Balaban J connectivity index is 1.61. The van der Waals surface area contributed by atoms with Crippen molar-refractivity contribution in [1.82, 2.24) is 19.7 Å². The van der Waals surface area contributed by atoms with E-state index in [1.807, 2.05) is 54.6 Å². The first-order valence-corrected chi connectivity index (χ1v) is 9.89. The van der Waals surface area contributed by atoms with Gasteiger partial charge < -0.3 is 5.32 Å². The van der Waals surface area contributed by atoms with Crippen molar-refractivity contribution in [3.8, 4) is 5.69 Å². The molecule has 0 radical (unpaired) electrons. The molecule has 2 aromatic carbocycles. The Morgan fingerprint density at radius 3 is 2.63 bits per heavy atom. The Kier molecular flexibility index (Phi) is 6.26. The molecule has 0 fully saturated rings. The molecule has 6 nitrogen and oxygen atoms in total. The fourth-order valence-corrected chi connectivity index (χ4v) is 3.36. The Labute approximate surface area is 163 Å². The first-order chi connectivity index (χ1) is 13.1. The summed E-state index contributed by atoms with van der Waals surface area (Å²) in [5.41, 5.74) is 2.95. The molecule has 1 aromatic heterocycles. The highest BCUT2D eigenvalue weighted by molar-refractivity contribution is 7.98. The average molecular weight is 382 g/mol. The maximum absolute atomic E-state index is 12.5. The summed E-state index contributed by atoms with van der Waals surface area (Å²) in [6.07, 6.45) is 5.18. The molecule has 1 atom stereocenters. The van der Waals surface area contributed by atoms with Crippen molar-refractivity contribution < 1.29 is 4.79 Å². The van der Waals surface area contributed by atoms with Gasteiger partial charge in [-0.15, -0.1) is 11.8 Å². The van der Waals surface area contributed by atoms with Gasteiger partial charge in [0.1, 0.15) is 12.7 Å².